The number of rotatable bonds is 12. The first-order valence-electron chi connectivity index (χ1n) is 14.2. The number of aryl methyl sites for hydroxylation is 2. The van der Waals surface area contributed by atoms with Gasteiger partial charge in [-0.3, -0.25) is 13.9 Å². The average molecular weight is 653 g/mol. The van der Waals surface area contributed by atoms with Crippen LogP contribution in [0.4, 0.5) is 5.69 Å². The minimum absolute atomic E-state index is 0.0441. The van der Waals surface area contributed by atoms with E-state index >= 15 is 0 Å². The number of nitrogens with zero attached hydrogens (tertiary/aromatic N) is 2. The second kappa shape index (κ2) is 14.8. The molecule has 0 saturated carbocycles. The van der Waals surface area contributed by atoms with E-state index in [1.54, 1.807) is 55.5 Å². The molecule has 4 aromatic rings. The van der Waals surface area contributed by atoms with Crippen LogP contribution in [-0.4, -0.2) is 44.3 Å². The number of hydrogen-bond acceptors (Lipinski definition) is 4. The van der Waals surface area contributed by atoms with Crippen LogP contribution in [0.2, 0.25) is 10.0 Å². The van der Waals surface area contributed by atoms with Gasteiger partial charge in [0.15, 0.2) is 0 Å². The van der Waals surface area contributed by atoms with Gasteiger partial charge >= 0.3 is 0 Å². The van der Waals surface area contributed by atoms with Gasteiger partial charge in [-0.15, -0.1) is 0 Å². The van der Waals surface area contributed by atoms with Gasteiger partial charge in [0.05, 0.1) is 10.6 Å². The van der Waals surface area contributed by atoms with Gasteiger partial charge in [0.2, 0.25) is 11.8 Å². The highest BCUT2D eigenvalue weighted by molar-refractivity contribution is 7.92. The lowest BCUT2D eigenvalue weighted by Crippen LogP contribution is -2.53. The highest BCUT2D eigenvalue weighted by Crippen LogP contribution is 2.29. The number of nitrogens with one attached hydrogen (secondary N) is 1. The molecule has 0 aliphatic heterocycles. The van der Waals surface area contributed by atoms with Crippen LogP contribution in [0.5, 0.6) is 0 Å². The Balaban J connectivity index is 1.83. The first-order valence-corrected chi connectivity index (χ1v) is 16.4. The molecule has 0 heterocycles. The average Bonchev–Trinajstić information content (AvgIpc) is 2.99. The van der Waals surface area contributed by atoms with E-state index in [1.165, 1.54) is 17.0 Å². The maximum absolute atomic E-state index is 14.5. The Bertz CT molecular complexity index is 1690. The Morgan fingerprint density at radius 2 is 1.45 bits per heavy atom. The molecule has 4 aromatic carbocycles. The van der Waals surface area contributed by atoms with E-state index in [0.29, 0.717) is 27.8 Å². The molecular weight excluding hydrogens is 617 g/mol. The quantitative estimate of drug-likeness (QED) is 0.187. The lowest BCUT2D eigenvalue weighted by molar-refractivity contribution is -0.140. The van der Waals surface area contributed by atoms with Crippen LogP contribution >= 0.6 is 23.2 Å². The number of anilines is 1. The van der Waals surface area contributed by atoms with Gasteiger partial charge in [0, 0.05) is 35.1 Å². The minimum atomic E-state index is -4.19. The molecule has 7 nitrogen and oxygen atoms in total. The monoisotopic (exact) mass is 651 g/mol. The summed E-state index contributed by atoms with van der Waals surface area (Å²) in [5.74, 6) is -0.971. The van der Waals surface area contributed by atoms with Crippen molar-refractivity contribution in [1.29, 1.82) is 0 Å². The number of halogens is 2. The summed E-state index contributed by atoms with van der Waals surface area (Å²) in [4.78, 5) is 29.5. The summed E-state index contributed by atoms with van der Waals surface area (Å²) in [6, 6.07) is 26.7. The number of sulfonamides is 1. The van der Waals surface area contributed by atoms with Crippen molar-refractivity contribution in [2.45, 2.75) is 44.7 Å². The van der Waals surface area contributed by atoms with E-state index < -0.39 is 28.5 Å². The zero-order chi connectivity index (χ0) is 31.9. The van der Waals surface area contributed by atoms with E-state index in [1.807, 2.05) is 50.2 Å². The van der Waals surface area contributed by atoms with Gasteiger partial charge in [-0.1, -0.05) is 89.4 Å². The molecule has 4 rings (SSSR count). The molecule has 0 aromatic heterocycles. The first kappa shape index (κ1) is 33.1. The first-order chi connectivity index (χ1) is 21.0. The lowest BCUT2D eigenvalue weighted by atomic mass is 10.0. The third-order valence-electron chi connectivity index (χ3n) is 7.19. The third-order valence-corrected chi connectivity index (χ3v) is 9.69. The van der Waals surface area contributed by atoms with Gasteiger partial charge in [-0.25, -0.2) is 8.42 Å². The van der Waals surface area contributed by atoms with E-state index in [4.69, 9.17) is 23.2 Å². The molecule has 1 N–H and O–H groups in total. The second-order valence-electron chi connectivity index (χ2n) is 10.5. The normalized spacial score (nSPS) is 11.9. The number of carbonyl (C=O) groups is 2. The zero-order valence-electron chi connectivity index (χ0n) is 24.8. The van der Waals surface area contributed by atoms with Gasteiger partial charge in [-0.05, 0) is 68.3 Å². The van der Waals surface area contributed by atoms with Crippen molar-refractivity contribution in [3.8, 4) is 0 Å². The number of amides is 2. The van der Waals surface area contributed by atoms with Gasteiger partial charge in [-0.2, -0.15) is 0 Å². The van der Waals surface area contributed by atoms with Crippen LogP contribution in [0.25, 0.3) is 0 Å². The largest absolute Gasteiger partial charge is 0.355 e. The number of carbonyl (C=O) groups excluding carboxylic acids is 2. The Hall–Kier alpha value is -3.85. The molecule has 1 unspecified atom stereocenters. The molecule has 0 aliphatic carbocycles. The lowest BCUT2D eigenvalue weighted by Gasteiger charge is -2.34. The van der Waals surface area contributed by atoms with E-state index in [0.717, 1.165) is 21.0 Å². The molecule has 2 amide bonds. The molecule has 0 saturated heterocycles. The van der Waals surface area contributed by atoms with Crippen LogP contribution in [0.3, 0.4) is 0 Å². The van der Waals surface area contributed by atoms with Crippen LogP contribution in [0, 0.1) is 13.8 Å². The molecule has 0 fully saturated rings. The molecule has 44 heavy (non-hydrogen) atoms. The Morgan fingerprint density at radius 1 is 0.818 bits per heavy atom. The van der Waals surface area contributed by atoms with Crippen molar-refractivity contribution in [1.82, 2.24) is 10.2 Å². The molecular formula is C34H35Cl2N3O4S. The summed E-state index contributed by atoms with van der Waals surface area (Å²) in [6.07, 6.45) is 0.190. The fraction of sp³-hybridized carbons (Fsp3) is 0.235. The van der Waals surface area contributed by atoms with E-state index in [9.17, 15) is 18.0 Å². The SMILES string of the molecule is CCNC(=O)C(Cc1ccccc1)N(Cc1c(Cl)cccc1Cl)C(=O)CN(c1cccc(C)c1)S(=O)(=O)c1ccc(C)cc1. The summed E-state index contributed by atoms with van der Waals surface area (Å²) < 4.78 is 29.3. The topological polar surface area (TPSA) is 86.8 Å². The molecule has 0 spiro atoms. The maximum Gasteiger partial charge on any atom is 0.264 e. The molecule has 230 valence electrons. The standard InChI is InChI=1S/C34H35Cl2N3O4S/c1-4-37-34(41)32(21-26-11-6-5-7-12-26)38(22-29-30(35)14-9-15-31(29)36)33(40)23-39(27-13-8-10-25(3)20-27)44(42,43)28-18-16-24(2)17-19-28/h5-20,32H,4,21-23H2,1-3H3,(H,37,41). The number of likely N-dealkylation sites (N-methyl/N-ethyl adjacent to an activating group) is 1. The van der Waals surface area contributed by atoms with Crippen molar-refractivity contribution in [3.63, 3.8) is 0 Å². The van der Waals surface area contributed by atoms with Crippen LogP contribution in [0.15, 0.2) is 102 Å². The van der Waals surface area contributed by atoms with Crippen molar-refractivity contribution in [3.05, 3.63) is 129 Å². The minimum Gasteiger partial charge on any atom is -0.355 e. The van der Waals surface area contributed by atoms with Crippen LogP contribution in [0.1, 0.15) is 29.2 Å². The van der Waals surface area contributed by atoms with Gasteiger partial charge in [0.25, 0.3) is 10.0 Å². The van der Waals surface area contributed by atoms with Crippen LogP contribution < -0.4 is 9.62 Å². The van der Waals surface area contributed by atoms with Crippen LogP contribution in [-0.2, 0) is 32.6 Å². The second-order valence-corrected chi connectivity index (χ2v) is 13.2. The fourth-order valence-electron chi connectivity index (χ4n) is 4.85. The summed E-state index contributed by atoms with van der Waals surface area (Å²) in [5.41, 5.74) is 3.33. The third kappa shape index (κ3) is 8.00. The Labute approximate surface area is 269 Å². The summed E-state index contributed by atoms with van der Waals surface area (Å²) >= 11 is 13.1. The summed E-state index contributed by atoms with van der Waals surface area (Å²) in [5, 5.41) is 3.49. The van der Waals surface area contributed by atoms with Crippen molar-refractivity contribution in [2.75, 3.05) is 17.4 Å². The summed E-state index contributed by atoms with van der Waals surface area (Å²) in [6.45, 7) is 5.17. The Kier molecular flexibility index (Phi) is 11.1. The molecule has 0 bridgehead atoms. The number of benzene rings is 4. The predicted octanol–water partition coefficient (Wildman–Crippen LogP) is 6.58. The predicted molar refractivity (Wildman–Crippen MR) is 177 cm³/mol. The summed E-state index contributed by atoms with van der Waals surface area (Å²) in [7, 11) is -4.19. The highest BCUT2D eigenvalue weighted by Gasteiger charge is 2.35. The highest BCUT2D eigenvalue weighted by atomic mass is 35.5. The molecule has 10 heteroatoms. The van der Waals surface area contributed by atoms with Gasteiger partial charge in [0.1, 0.15) is 12.6 Å². The van der Waals surface area contributed by atoms with Crippen molar-refractivity contribution >= 4 is 50.7 Å². The maximum atomic E-state index is 14.5. The zero-order valence-corrected chi connectivity index (χ0v) is 27.2. The fourth-order valence-corrected chi connectivity index (χ4v) is 6.77. The molecule has 0 radical (unpaired) electrons. The van der Waals surface area contributed by atoms with Gasteiger partial charge < -0.3 is 10.2 Å². The molecule has 1 atom stereocenters. The van der Waals surface area contributed by atoms with Crippen molar-refractivity contribution < 1.29 is 18.0 Å². The van der Waals surface area contributed by atoms with E-state index in [-0.39, 0.29) is 23.8 Å². The van der Waals surface area contributed by atoms with E-state index in [2.05, 4.69) is 5.32 Å². The number of hydrogen-bond donors (Lipinski definition) is 1. The Morgan fingerprint density at radius 3 is 2.07 bits per heavy atom. The molecule has 0 aliphatic rings. The van der Waals surface area contributed by atoms with Crippen molar-refractivity contribution in [2.24, 2.45) is 0 Å². The smallest absolute Gasteiger partial charge is 0.264 e.